The summed E-state index contributed by atoms with van der Waals surface area (Å²) in [5.74, 6) is 0. The molecule has 12 heavy (non-hydrogen) atoms. The summed E-state index contributed by atoms with van der Waals surface area (Å²) >= 11 is 0. The lowest BCUT2D eigenvalue weighted by atomic mass is 10.1. The molecule has 0 spiro atoms. The average molecular weight is 170 g/mol. The summed E-state index contributed by atoms with van der Waals surface area (Å²) in [5, 5.41) is 3.57. The minimum atomic E-state index is 0.402. The van der Waals surface area contributed by atoms with Gasteiger partial charge in [0, 0.05) is 12.1 Å². The van der Waals surface area contributed by atoms with E-state index in [9.17, 15) is 0 Å². The van der Waals surface area contributed by atoms with Gasteiger partial charge in [-0.3, -0.25) is 0 Å². The van der Waals surface area contributed by atoms with Crippen LogP contribution in [0.1, 0.15) is 45.4 Å². The van der Waals surface area contributed by atoms with Crippen LogP contribution in [0.2, 0.25) is 0 Å². The van der Waals surface area contributed by atoms with Crippen molar-refractivity contribution in [2.45, 2.75) is 57.5 Å². The fourth-order valence-corrected chi connectivity index (χ4v) is 1.81. The lowest BCUT2D eigenvalue weighted by molar-refractivity contribution is 0.482. The van der Waals surface area contributed by atoms with Crippen molar-refractivity contribution in [3.63, 3.8) is 0 Å². The highest BCUT2D eigenvalue weighted by molar-refractivity contribution is 4.74. The SMILES string of the molecule is CCC(N)CCNC1CCCC1. The van der Waals surface area contributed by atoms with Crippen molar-refractivity contribution in [3.8, 4) is 0 Å². The molecule has 0 aromatic rings. The molecule has 1 aliphatic rings. The Morgan fingerprint density at radius 2 is 2.08 bits per heavy atom. The van der Waals surface area contributed by atoms with Gasteiger partial charge >= 0.3 is 0 Å². The molecule has 1 saturated carbocycles. The van der Waals surface area contributed by atoms with E-state index in [1.807, 2.05) is 0 Å². The van der Waals surface area contributed by atoms with Gasteiger partial charge in [-0.2, -0.15) is 0 Å². The van der Waals surface area contributed by atoms with Gasteiger partial charge in [0.05, 0.1) is 0 Å². The third kappa shape index (κ3) is 3.55. The van der Waals surface area contributed by atoms with Gasteiger partial charge in [0.25, 0.3) is 0 Å². The first-order valence-electron chi connectivity index (χ1n) is 5.32. The molecule has 0 heterocycles. The number of nitrogens with one attached hydrogen (secondary N) is 1. The second kappa shape index (κ2) is 5.55. The van der Waals surface area contributed by atoms with Gasteiger partial charge in [-0.05, 0) is 32.2 Å². The molecule has 0 aliphatic heterocycles. The molecule has 1 unspecified atom stereocenters. The molecular weight excluding hydrogens is 148 g/mol. The van der Waals surface area contributed by atoms with Gasteiger partial charge in [-0.25, -0.2) is 0 Å². The molecule has 2 nitrogen and oxygen atoms in total. The zero-order chi connectivity index (χ0) is 8.81. The van der Waals surface area contributed by atoms with Gasteiger partial charge in [0.15, 0.2) is 0 Å². The number of hydrogen-bond donors (Lipinski definition) is 2. The second-order valence-corrected chi connectivity index (χ2v) is 3.89. The van der Waals surface area contributed by atoms with Crippen LogP contribution in [0.15, 0.2) is 0 Å². The zero-order valence-corrected chi connectivity index (χ0v) is 8.18. The van der Waals surface area contributed by atoms with Gasteiger partial charge < -0.3 is 11.1 Å². The van der Waals surface area contributed by atoms with Crippen molar-refractivity contribution in [1.82, 2.24) is 5.32 Å². The summed E-state index contributed by atoms with van der Waals surface area (Å²) in [4.78, 5) is 0. The summed E-state index contributed by atoms with van der Waals surface area (Å²) in [7, 11) is 0. The summed E-state index contributed by atoms with van der Waals surface area (Å²) < 4.78 is 0. The molecule has 1 atom stereocenters. The van der Waals surface area contributed by atoms with Crippen molar-refractivity contribution in [2.24, 2.45) is 5.73 Å². The van der Waals surface area contributed by atoms with Gasteiger partial charge in [-0.1, -0.05) is 19.8 Å². The third-order valence-electron chi connectivity index (χ3n) is 2.83. The molecule has 1 aliphatic carbocycles. The Labute approximate surface area is 75.9 Å². The first-order chi connectivity index (χ1) is 5.83. The van der Waals surface area contributed by atoms with Crippen LogP contribution in [0.5, 0.6) is 0 Å². The maximum Gasteiger partial charge on any atom is 0.00670 e. The van der Waals surface area contributed by atoms with Crippen LogP contribution in [-0.4, -0.2) is 18.6 Å². The molecule has 0 amide bonds. The summed E-state index contributed by atoms with van der Waals surface area (Å²) in [6.07, 6.45) is 7.82. The molecule has 72 valence electrons. The molecule has 2 heteroatoms. The maximum atomic E-state index is 5.82. The Balaban J connectivity index is 1.94. The van der Waals surface area contributed by atoms with E-state index in [0.717, 1.165) is 25.4 Å². The fraction of sp³-hybridized carbons (Fsp3) is 1.00. The Morgan fingerprint density at radius 1 is 1.42 bits per heavy atom. The number of hydrogen-bond acceptors (Lipinski definition) is 2. The van der Waals surface area contributed by atoms with E-state index in [1.165, 1.54) is 25.7 Å². The van der Waals surface area contributed by atoms with Crippen LogP contribution in [-0.2, 0) is 0 Å². The molecule has 0 saturated heterocycles. The first kappa shape index (κ1) is 10.0. The zero-order valence-electron chi connectivity index (χ0n) is 8.18. The van der Waals surface area contributed by atoms with E-state index in [1.54, 1.807) is 0 Å². The predicted molar refractivity (Wildman–Crippen MR) is 53.1 cm³/mol. The normalized spacial score (nSPS) is 21.5. The molecular formula is C10H22N2. The van der Waals surface area contributed by atoms with E-state index in [4.69, 9.17) is 5.73 Å². The highest BCUT2D eigenvalue weighted by Crippen LogP contribution is 2.17. The lowest BCUT2D eigenvalue weighted by Gasteiger charge is -2.13. The Kier molecular flexibility index (Phi) is 4.62. The summed E-state index contributed by atoms with van der Waals surface area (Å²) in [6, 6.07) is 1.20. The molecule has 1 fully saturated rings. The molecule has 3 N–H and O–H groups in total. The molecule has 0 bridgehead atoms. The summed E-state index contributed by atoms with van der Waals surface area (Å²) in [6.45, 7) is 3.26. The first-order valence-corrected chi connectivity index (χ1v) is 5.32. The van der Waals surface area contributed by atoms with E-state index in [2.05, 4.69) is 12.2 Å². The molecule has 0 radical (unpaired) electrons. The van der Waals surface area contributed by atoms with E-state index in [0.29, 0.717) is 6.04 Å². The molecule has 0 aromatic carbocycles. The average Bonchev–Trinajstić information content (AvgIpc) is 2.57. The fourth-order valence-electron chi connectivity index (χ4n) is 1.81. The molecule has 0 aromatic heterocycles. The van der Waals surface area contributed by atoms with Crippen LogP contribution < -0.4 is 11.1 Å². The van der Waals surface area contributed by atoms with Crippen LogP contribution in [0.25, 0.3) is 0 Å². The van der Waals surface area contributed by atoms with Gasteiger partial charge in [-0.15, -0.1) is 0 Å². The topological polar surface area (TPSA) is 38.0 Å². The minimum Gasteiger partial charge on any atom is -0.328 e. The minimum absolute atomic E-state index is 0.402. The van der Waals surface area contributed by atoms with Crippen LogP contribution in [0, 0.1) is 0 Å². The highest BCUT2D eigenvalue weighted by atomic mass is 14.9. The van der Waals surface area contributed by atoms with Crippen molar-refractivity contribution in [1.29, 1.82) is 0 Å². The van der Waals surface area contributed by atoms with Crippen molar-refractivity contribution < 1.29 is 0 Å². The van der Waals surface area contributed by atoms with Gasteiger partial charge in [0.1, 0.15) is 0 Å². The number of nitrogens with two attached hydrogens (primary N) is 1. The second-order valence-electron chi connectivity index (χ2n) is 3.89. The Bertz CT molecular complexity index is 108. The van der Waals surface area contributed by atoms with Crippen molar-refractivity contribution >= 4 is 0 Å². The van der Waals surface area contributed by atoms with E-state index >= 15 is 0 Å². The van der Waals surface area contributed by atoms with Crippen molar-refractivity contribution in [2.75, 3.05) is 6.54 Å². The quantitative estimate of drug-likeness (QED) is 0.658. The van der Waals surface area contributed by atoms with Crippen LogP contribution in [0.3, 0.4) is 0 Å². The predicted octanol–water partition coefficient (Wildman–Crippen LogP) is 1.65. The monoisotopic (exact) mass is 170 g/mol. The standard InChI is InChI=1S/C10H22N2/c1-2-9(11)7-8-12-10-5-3-4-6-10/h9-10,12H,2-8,11H2,1H3. The summed E-state index contributed by atoms with van der Waals surface area (Å²) in [5.41, 5.74) is 5.82. The van der Waals surface area contributed by atoms with Crippen molar-refractivity contribution in [3.05, 3.63) is 0 Å². The largest absolute Gasteiger partial charge is 0.328 e. The number of rotatable bonds is 5. The van der Waals surface area contributed by atoms with E-state index < -0.39 is 0 Å². The Morgan fingerprint density at radius 3 is 2.67 bits per heavy atom. The highest BCUT2D eigenvalue weighted by Gasteiger charge is 2.13. The lowest BCUT2D eigenvalue weighted by Crippen LogP contribution is -2.31. The molecule has 1 rings (SSSR count). The van der Waals surface area contributed by atoms with Crippen LogP contribution >= 0.6 is 0 Å². The smallest absolute Gasteiger partial charge is 0.00670 e. The Hall–Kier alpha value is -0.0800. The van der Waals surface area contributed by atoms with Crippen LogP contribution in [0.4, 0.5) is 0 Å². The third-order valence-corrected chi connectivity index (χ3v) is 2.83. The maximum absolute atomic E-state index is 5.82. The van der Waals surface area contributed by atoms with Gasteiger partial charge in [0.2, 0.25) is 0 Å². The van der Waals surface area contributed by atoms with E-state index in [-0.39, 0.29) is 0 Å².